The molecular formula is C15H17BrN2O3. The number of carbonyl (C=O) groups is 1. The minimum absolute atomic E-state index is 0.259. The summed E-state index contributed by atoms with van der Waals surface area (Å²) in [5.41, 5.74) is 0.679. The second kappa shape index (κ2) is 6.67. The number of hydrogen-bond donors (Lipinski definition) is 2. The summed E-state index contributed by atoms with van der Waals surface area (Å²) in [6.45, 7) is 5.88. The fraction of sp³-hybridized carbons (Fsp3) is 0.267. The van der Waals surface area contributed by atoms with Crippen LogP contribution >= 0.6 is 15.9 Å². The van der Waals surface area contributed by atoms with Gasteiger partial charge in [0.2, 0.25) is 0 Å². The number of rotatable bonds is 5. The number of ether oxygens (including phenoxy) is 1. The number of methoxy groups -OCH3 is 1. The summed E-state index contributed by atoms with van der Waals surface area (Å²) in [7, 11) is 1.60. The molecule has 1 heterocycles. The van der Waals surface area contributed by atoms with Gasteiger partial charge in [-0.1, -0.05) is 34.6 Å². The molecule has 2 amide bonds. The molecule has 0 saturated carbocycles. The Hall–Kier alpha value is -1.95. The Balaban J connectivity index is 2.11. The van der Waals surface area contributed by atoms with Gasteiger partial charge in [-0.2, -0.15) is 0 Å². The van der Waals surface area contributed by atoms with Crippen molar-refractivity contribution in [2.45, 2.75) is 13.0 Å². The molecule has 0 spiro atoms. The first-order chi connectivity index (χ1) is 10.0. The van der Waals surface area contributed by atoms with E-state index < -0.39 is 0 Å². The first-order valence-corrected chi connectivity index (χ1v) is 7.24. The highest BCUT2D eigenvalue weighted by molar-refractivity contribution is 9.11. The Bertz CT molecular complexity index is 666. The molecule has 2 rings (SSSR count). The van der Waals surface area contributed by atoms with E-state index in [2.05, 4.69) is 33.1 Å². The lowest BCUT2D eigenvalue weighted by atomic mass is 10.2. The molecule has 2 N–H and O–H groups in total. The quantitative estimate of drug-likeness (QED) is 0.861. The van der Waals surface area contributed by atoms with Crippen LogP contribution in [0.1, 0.15) is 18.7 Å². The van der Waals surface area contributed by atoms with Gasteiger partial charge in [0.25, 0.3) is 0 Å². The van der Waals surface area contributed by atoms with Crippen LogP contribution in [0.4, 0.5) is 4.79 Å². The van der Waals surface area contributed by atoms with Crippen molar-refractivity contribution >= 4 is 32.9 Å². The Morgan fingerprint density at radius 1 is 1.52 bits per heavy atom. The van der Waals surface area contributed by atoms with Gasteiger partial charge in [-0.25, -0.2) is 4.79 Å². The smallest absolute Gasteiger partial charge is 0.315 e. The van der Waals surface area contributed by atoms with Crippen LogP contribution in [-0.4, -0.2) is 19.7 Å². The lowest BCUT2D eigenvalue weighted by molar-refractivity contribution is 0.237. The molecule has 0 bridgehead atoms. The minimum Gasteiger partial charge on any atom is -0.493 e. The Morgan fingerprint density at radius 3 is 2.95 bits per heavy atom. The van der Waals surface area contributed by atoms with Crippen molar-refractivity contribution < 1.29 is 13.9 Å². The molecular weight excluding hydrogens is 336 g/mol. The van der Waals surface area contributed by atoms with Gasteiger partial charge in [0.05, 0.1) is 19.7 Å². The van der Waals surface area contributed by atoms with Crippen LogP contribution in [0.2, 0.25) is 0 Å². The van der Waals surface area contributed by atoms with Crippen molar-refractivity contribution in [1.82, 2.24) is 10.6 Å². The predicted molar refractivity (Wildman–Crippen MR) is 85.8 cm³/mol. The van der Waals surface area contributed by atoms with Gasteiger partial charge in [-0.3, -0.25) is 0 Å². The second-order valence-corrected chi connectivity index (χ2v) is 5.71. The molecule has 1 aromatic heterocycles. The first kappa shape index (κ1) is 15.4. The third-order valence-electron chi connectivity index (χ3n) is 2.96. The zero-order valence-corrected chi connectivity index (χ0v) is 13.5. The number of benzene rings is 1. The molecule has 21 heavy (non-hydrogen) atoms. The van der Waals surface area contributed by atoms with Gasteiger partial charge in [0.1, 0.15) is 5.76 Å². The molecule has 2 aromatic rings. The van der Waals surface area contributed by atoms with E-state index in [0.29, 0.717) is 28.1 Å². The van der Waals surface area contributed by atoms with Crippen molar-refractivity contribution in [3.05, 3.63) is 41.1 Å². The van der Waals surface area contributed by atoms with Gasteiger partial charge < -0.3 is 19.8 Å². The average Bonchev–Trinajstić information content (AvgIpc) is 2.89. The van der Waals surface area contributed by atoms with E-state index in [-0.39, 0.29) is 12.1 Å². The fourth-order valence-corrected chi connectivity index (χ4v) is 2.07. The van der Waals surface area contributed by atoms with Gasteiger partial charge in [0, 0.05) is 9.87 Å². The van der Waals surface area contributed by atoms with E-state index in [1.54, 1.807) is 7.11 Å². The molecule has 1 unspecified atom stereocenters. The van der Waals surface area contributed by atoms with E-state index in [0.717, 1.165) is 5.39 Å². The number of urea groups is 1. The van der Waals surface area contributed by atoms with Crippen molar-refractivity contribution in [3.63, 3.8) is 0 Å². The predicted octanol–water partition coefficient (Wildman–Crippen LogP) is 3.71. The van der Waals surface area contributed by atoms with Crippen molar-refractivity contribution in [2.75, 3.05) is 13.7 Å². The van der Waals surface area contributed by atoms with E-state index in [4.69, 9.17) is 9.15 Å². The highest BCUT2D eigenvalue weighted by Gasteiger charge is 2.15. The van der Waals surface area contributed by atoms with Crippen LogP contribution in [0.25, 0.3) is 11.0 Å². The van der Waals surface area contributed by atoms with Crippen LogP contribution in [0.15, 0.2) is 39.7 Å². The normalized spacial score (nSPS) is 12.0. The Morgan fingerprint density at radius 2 is 2.29 bits per heavy atom. The maximum Gasteiger partial charge on any atom is 0.315 e. The lowest BCUT2D eigenvalue weighted by Gasteiger charge is -2.12. The maximum absolute atomic E-state index is 11.7. The third kappa shape index (κ3) is 3.78. The summed E-state index contributed by atoms with van der Waals surface area (Å²) in [4.78, 5) is 11.7. The molecule has 0 fully saturated rings. The standard InChI is InChI=1S/C15H17BrN2O3/c1-9(16)8-17-15(19)18-10(2)13-7-11-5-4-6-12(20-3)14(11)21-13/h4-7,10H,1,8H2,2-3H3,(H2,17,18,19). The molecule has 0 aliphatic carbocycles. The molecule has 0 saturated heterocycles. The number of para-hydroxylation sites is 1. The zero-order valence-electron chi connectivity index (χ0n) is 11.9. The number of hydrogen-bond acceptors (Lipinski definition) is 3. The second-order valence-electron chi connectivity index (χ2n) is 4.59. The first-order valence-electron chi connectivity index (χ1n) is 6.45. The molecule has 0 radical (unpaired) electrons. The maximum atomic E-state index is 11.7. The number of furan rings is 1. The molecule has 112 valence electrons. The number of halogens is 1. The van der Waals surface area contributed by atoms with E-state index in [1.807, 2.05) is 31.2 Å². The lowest BCUT2D eigenvalue weighted by Crippen LogP contribution is -2.37. The molecule has 6 heteroatoms. The molecule has 5 nitrogen and oxygen atoms in total. The van der Waals surface area contributed by atoms with Crippen LogP contribution < -0.4 is 15.4 Å². The summed E-state index contributed by atoms with van der Waals surface area (Å²) < 4.78 is 11.7. The monoisotopic (exact) mass is 352 g/mol. The summed E-state index contributed by atoms with van der Waals surface area (Å²) in [5, 5.41) is 6.42. The topological polar surface area (TPSA) is 63.5 Å². The molecule has 1 aromatic carbocycles. The average molecular weight is 353 g/mol. The van der Waals surface area contributed by atoms with Gasteiger partial charge >= 0.3 is 6.03 Å². The Labute approximate surface area is 131 Å². The van der Waals surface area contributed by atoms with Crippen LogP contribution in [0.5, 0.6) is 5.75 Å². The van der Waals surface area contributed by atoms with Gasteiger partial charge in [-0.05, 0) is 19.1 Å². The fourth-order valence-electron chi connectivity index (χ4n) is 1.93. The number of nitrogens with one attached hydrogen (secondary N) is 2. The van der Waals surface area contributed by atoms with E-state index in [9.17, 15) is 4.79 Å². The largest absolute Gasteiger partial charge is 0.493 e. The number of carbonyl (C=O) groups excluding carboxylic acids is 1. The summed E-state index contributed by atoms with van der Waals surface area (Å²) in [6, 6.07) is 7.02. The number of fused-ring (bicyclic) bond motifs is 1. The summed E-state index contributed by atoms with van der Waals surface area (Å²) >= 11 is 3.18. The summed E-state index contributed by atoms with van der Waals surface area (Å²) in [6.07, 6.45) is 0. The zero-order chi connectivity index (χ0) is 15.4. The van der Waals surface area contributed by atoms with Crippen LogP contribution in [0.3, 0.4) is 0 Å². The van der Waals surface area contributed by atoms with Crippen molar-refractivity contribution in [3.8, 4) is 5.75 Å². The summed E-state index contributed by atoms with van der Waals surface area (Å²) in [5.74, 6) is 1.34. The Kier molecular flexibility index (Phi) is 4.90. The molecule has 0 aliphatic heterocycles. The van der Waals surface area contributed by atoms with Gasteiger partial charge in [-0.15, -0.1) is 0 Å². The van der Waals surface area contributed by atoms with Crippen LogP contribution in [-0.2, 0) is 0 Å². The van der Waals surface area contributed by atoms with Gasteiger partial charge in [0.15, 0.2) is 11.3 Å². The van der Waals surface area contributed by atoms with E-state index >= 15 is 0 Å². The third-order valence-corrected chi connectivity index (χ3v) is 3.24. The van der Waals surface area contributed by atoms with Crippen molar-refractivity contribution in [1.29, 1.82) is 0 Å². The molecule has 1 atom stereocenters. The van der Waals surface area contributed by atoms with Crippen LogP contribution in [0, 0.1) is 0 Å². The highest BCUT2D eigenvalue weighted by atomic mass is 79.9. The number of amides is 2. The van der Waals surface area contributed by atoms with E-state index in [1.165, 1.54) is 0 Å². The highest BCUT2D eigenvalue weighted by Crippen LogP contribution is 2.30. The molecule has 0 aliphatic rings. The van der Waals surface area contributed by atoms with Crippen molar-refractivity contribution in [2.24, 2.45) is 0 Å². The minimum atomic E-state index is -0.282. The SMILES string of the molecule is C=C(Br)CNC(=O)NC(C)c1cc2cccc(OC)c2o1.